The van der Waals surface area contributed by atoms with Crippen LogP contribution in [0.3, 0.4) is 0 Å². The fraction of sp³-hybridized carbons (Fsp3) is 0.273. The summed E-state index contributed by atoms with van der Waals surface area (Å²) in [5, 5.41) is 11.2. The molecule has 0 aliphatic heterocycles. The van der Waals surface area contributed by atoms with E-state index in [9.17, 15) is 0 Å². The zero-order valence-corrected chi connectivity index (χ0v) is 18.9. The van der Waals surface area contributed by atoms with E-state index in [0.717, 1.165) is 23.8 Å². The number of benzene rings is 2. The van der Waals surface area contributed by atoms with Crippen molar-refractivity contribution in [2.75, 3.05) is 13.6 Å². The smallest absolute Gasteiger partial charge is 0.191 e. The van der Waals surface area contributed by atoms with E-state index in [-0.39, 0.29) is 29.4 Å². The van der Waals surface area contributed by atoms with Crippen molar-refractivity contribution < 1.29 is 0 Å². The molecule has 148 valence electrons. The number of nitrogens with zero attached hydrogens (tertiary/aromatic N) is 3. The van der Waals surface area contributed by atoms with Crippen LogP contribution in [-0.4, -0.2) is 29.3 Å². The van der Waals surface area contributed by atoms with Crippen LogP contribution >= 0.6 is 24.0 Å². The molecule has 0 aliphatic carbocycles. The van der Waals surface area contributed by atoms with Crippen LogP contribution in [0.5, 0.6) is 0 Å². The van der Waals surface area contributed by atoms with Gasteiger partial charge in [0.15, 0.2) is 5.96 Å². The second-order valence-electron chi connectivity index (χ2n) is 7.16. The first-order chi connectivity index (χ1) is 13.1. The molecule has 0 amide bonds. The Hall–Kier alpha value is -2.35. The van der Waals surface area contributed by atoms with Crippen molar-refractivity contribution in [2.45, 2.75) is 25.8 Å². The van der Waals surface area contributed by atoms with Gasteiger partial charge in [-0.15, -0.1) is 24.0 Å². The summed E-state index contributed by atoms with van der Waals surface area (Å²) >= 11 is 0. The quantitative estimate of drug-likeness (QED) is 0.311. The molecule has 0 bridgehead atoms. The summed E-state index contributed by atoms with van der Waals surface area (Å²) in [7, 11) is 1.79. The SMILES string of the molecule is CN=C(NCc1cnn(-c2ccccc2)c1)NCC(C)(C)c1ccccc1.I. The van der Waals surface area contributed by atoms with E-state index in [2.05, 4.69) is 58.8 Å². The number of para-hydroxylation sites is 1. The number of guanidine groups is 1. The lowest BCUT2D eigenvalue weighted by Gasteiger charge is -2.26. The topological polar surface area (TPSA) is 54.2 Å². The number of aliphatic imine (C=N–C) groups is 1. The van der Waals surface area contributed by atoms with Gasteiger partial charge in [-0.3, -0.25) is 4.99 Å². The normalized spacial score (nSPS) is 11.6. The Labute approximate surface area is 184 Å². The zero-order chi connectivity index (χ0) is 19.1. The van der Waals surface area contributed by atoms with Gasteiger partial charge in [0.25, 0.3) is 0 Å². The Morgan fingerprint density at radius 1 is 1.00 bits per heavy atom. The number of hydrogen-bond donors (Lipinski definition) is 2. The molecule has 0 fully saturated rings. The van der Waals surface area contributed by atoms with Gasteiger partial charge in [0, 0.05) is 37.3 Å². The number of rotatable bonds is 6. The highest BCUT2D eigenvalue weighted by Gasteiger charge is 2.20. The highest BCUT2D eigenvalue weighted by atomic mass is 127. The van der Waals surface area contributed by atoms with Crippen LogP contribution in [-0.2, 0) is 12.0 Å². The fourth-order valence-electron chi connectivity index (χ4n) is 2.88. The van der Waals surface area contributed by atoms with Gasteiger partial charge in [0.1, 0.15) is 0 Å². The van der Waals surface area contributed by atoms with E-state index < -0.39 is 0 Å². The first-order valence-corrected chi connectivity index (χ1v) is 9.17. The van der Waals surface area contributed by atoms with Crippen LogP contribution in [0.4, 0.5) is 0 Å². The van der Waals surface area contributed by atoms with Crippen LogP contribution in [0.25, 0.3) is 5.69 Å². The molecule has 0 aliphatic rings. The maximum absolute atomic E-state index is 4.43. The number of halogens is 1. The highest BCUT2D eigenvalue weighted by Crippen LogP contribution is 2.21. The molecule has 0 radical (unpaired) electrons. The maximum Gasteiger partial charge on any atom is 0.191 e. The van der Waals surface area contributed by atoms with Crippen molar-refractivity contribution in [1.82, 2.24) is 20.4 Å². The van der Waals surface area contributed by atoms with Gasteiger partial charge in [-0.05, 0) is 17.7 Å². The molecule has 0 unspecified atom stereocenters. The molecule has 3 aromatic rings. The van der Waals surface area contributed by atoms with Crippen LogP contribution in [0, 0.1) is 0 Å². The van der Waals surface area contributed by atoms with E-state index in [0.29, 0.717) is 6.54 Å². The second kappa shape index (κ2) is 10.3. The van der Waals surface area contributed by atoms with E-state index in [1.54, 1.807) is 7.05 Å². The molecule has 2 aromatic carbocycles. The zero-order valence-electron chi connectivity index (χ0n) is 16.6. The van der Waals surface area contributed by atoms with Crippen LogP contribution in [0.2, 0.25) is 0 Å². The predicted molar refractivity (Wildman–Crippen MR) is 127 cm³/mol. The monoisotopic (exact) mass is 489 g/mol. The summed E-state index contributed by atoms with van der Waals surface area (Å²) < 4.78 is 1.88. The van der Waals surface area contributed by atoms with Crippen molar-refractivity contribution in [3.63, 3.8) is 0 Å². The van der Waals surface area contributed by atoms with Crippen molar-refractivity contribution in [1.29, 1.82) is 0 Å². The summed E-state index contributed by atoms with van der Waals surface area (Å²) in [5.74, 6) is 0.784. The molecule has 6 heteroatoms. The molecule has 0 atom stereocenters. The summed E-state index contributed by atoms with van der Waals surface area (Å²) in [6.07, 6.45) is 3.91. The van der Waals surface area contributed by atoms with Gasteiger partial charge in [-0.2, -0.15) is 5.10 Å². The summed E-state index contributed by atoms with van der Waals surface area (Å²) in [6.45, 7) is 5.91. The molecule has 0 saturated heterocycles. The molecule has 0 spiro atoms. The van der Waals surface area contributed by atoms with Gasteiger partial charge in [0.2, 0.25) is 0 Å². The second-order valence-corrected chi connectivity index (χ2v) is 7.16. The highest BCUT2D eigenvalue weighted by molar-refractivity contribution is 14.0. The third kappa shape index (κ3) is 5.82. The number of aromatic nitrogens is 2. The molecule has 5 nitrogen and oxygen atoms in total. The first-order valence-electron chi connectivity index (χ1n) is 9.17. The predicted octanol–water partition coefficient (Wildman–Crippen LogP) is 4.13. The average molecular weight is 489 g/mol. The minimum Gasteiger partial charge on any atom is -0.356 e. The third-order valence-electron chi connectivity index (χ3n) is 4.59. The number of nitrogens with one attached hydrogen (secondary N) is 2. The van der Waals surface area contributed by atoms with E-state index in [4.69, 9.17) is 0 Å². The molecule has 0 saturated carbocycles. The van der Waals surface area contributed by atoms with Crippen LogP contribution < -0.4 is 10.6 Å². The van der Waals surface area contributed by atoms with Crippen LogP contribution in [0.15, 0.2) is 78.0 Å². The maximum atomic E-state index is 4.43. The third-order valence-corrected chi connectivity index (χ3v) is 4.59. The van der Waals surface area contributed by atoms with E-state index >= 15 is 0 Å². The van der Waals surface area contributed by atoms with Gasteiger partial charge in [-0.25, -0.2) is 4.68 Å². The molecule has 1 aromatic heterocycles. The lowest BCUT2D eigenvalue weighted by Crippen LogP contribution is -2.43. The molecule has 2 N–H and O–H groups in total. The Morgan fingerprint density at radius 3 is 2.29 bits per heavy atom. The van der Waals surface area contributed by atoms with Crippen molar-refractivity contribution in [3.8, 4) is 5.69 Å². The van der Waals surface area contributed by atoms with Gasteiger partial charge >= 0.3 is 0 Å². The Morgan fingerprint density at radius 2 is 1.64 bits per heavy atom. The Kier molecular flexibility index (Phi) is 8.04. The minimum atomic E-state index is 0. The van der Waals surface area contributed by atoms with Gasteiger partial charge in [-0.1, -0.05) is 62.4 Å². The van der Waals surface area contributed by atoms with Gasteiger partial charge < -0.3 is 10.6 Å². The summed E-state index contributed by atoms with van der Waals surface area (Å²) in [4.78, 5) is 4.33. The molecular weight excluding hydrogens is 461 g/mol. The van der Waals surface area contributed by atoms with Crippen molar-refractivity contribution in [3.05, 3.63) is 84.2 Å². The van der Waals surface area contributed by atoms with Gasteiger partial charge in [0.05, 0.1) is 11.9 Å². The lowest BCUT2D eigenvalue weighted by atomic mass is 9.85. The molecule has 1 heterocycles. The first kappa shape index (κ1) is 21.9. The molecular formula is C22H28IN5. The molecule has 28 heavy (non-hydrogen) atoms. The fourth-order valence-corrected chi connectivity index (χ4v) is 2.88. The largest absolute Gasteiger partial charge is 0.356 e. The Balaban J connectivity index is 0.00000280. The van der Waals surface area contributed by atoms with Crippen LogP contribution in [0.1, 0.15) is 25.0 Å². The average Bonchev–Trinajstić information content (AvgIpc) is 3.18. The Bertz CT molecular complexity index is 872. The minimum absolute atomic E-state index is 0. The lowest BCUT2D eigenvalue weighted by molar-refractivity contribution is 0.508. The standard InChI is InChI=1S/C22H27N5.HI/c1-22(2,19-10-6-4-7-11-19)17-25-21(23-3)24-14-18-15-26-27(16-18)20-12-8-5-9-13-20;/h4-13,15-16H,14,17H2,1-3H3,(H2,23,24,25);1H. The van der Waals surface area contributed by atoms with Crippen molar-refractivity contribution >= 4 is 29.9 Å². The number of hydrogen-bond acceptors (Lipinski definition) is 2. The molecule has 3 rings (SSSR count). The van der Waals surface area contributed by atoms with E-state index in [1.807, 2.05) is 53.5 Å². The van der Waals surface area contributed by atoms with Crippen molar-refractivity contribution in [2.24, 2.45) is 4.99 Å². The van der Waals surface area contributed by atoms with E-state index in [1.165, 1.54) is 5.56 Å². The summed E-state index contributed by atoms with van der Waals surface area (Å²) in [5.41, 5.74) is 3.47. The summed E-state index contributed by atoms with van der Waals surface area (Å²) in [6, 6.07) is 20.6.